The fraction of sp³-hybridized carbons (Fsp3) is 0.231. The molecule has 0 aliphatic carbocycles. The van der Waals surface area contributed by atoms with Gasteiger partial charge in [-0.05, 0) is 37.5 Å². The molecule has 4 rings (SSSR count). The molecule has 0 aliphatic rings. The van der Waals surface area contributed by atoms with Gasteiger partial charge in [0.05, 0.1) is 5.39 Å². The second-order valence-corrected chi connectivity index (χ2v) is 9.10. The number of thiophene rings is 1. The van der Waals surface area contributed by atoms with Gasteiger partial charge in [0, 0.05) is 13.1 Å². The molecule has 7 nitrogen and oxygen atoms in total. The zero-order valence-corrected chi connectivity index (χ0v) is 20.0. The van der Waals surface area contributed by atoms with E-state index in [-0.39, 0.29) is 16.3 Å². The molecule has 2 aromatic carbocycles. The number of aryl methyl sites for hydroxylation is 2. The molecule has 0 saturated heterocycles. The first-order chi connectivity index (χ1) is 16.3. The molecular formula is C26H25N3O4S. The third kappa shape index (κ3) is 5.07. The summed E-state index contributed by atoms with van der Waals surface area (Å²) in [5.41, 5.74) is 2.16. The fourth-order valence-electron chi connectivity index (χ4n) is 3.79. The highest BCUT2D eigenvalue weighted by Crippen LogP contribution is 2.28. The number of aromatic amines is 1. The summed E-state index contributed by atoms with van der Waals surface area (Å²) in [6.07, 6.45) is -1.00. The Labute approximate surface area is 201 Å². The van der Waals surface area contributed by atoms with Crippen molar-refractivity contribution in [2.75, 3.05) is 0 Å². The van der Waals surface area contributed by atoms with Gasteiger partial charge in [0.1, 0.15) is 15.5 Å². The number of hydrogen-bond donors (Lipinski definition) is 1. The minimum Gasteiger partial charge on any atom is -0.448 e. The second kappa shape index (κ2) is 10.0. The molecule has 4 aromatic rings. The molecule has 1 amide bonds. The van der Waals surface area contributed by atoms with Crippen LogP contribution < -0.4 is 5.56 Å². The minimum absolute atomic E-state index is 0.274. The Balaban J connectivity index is 1.55. The maximum atomic E-state index is 13.4. The van der Waals surface area contributed by atoms with Crippen LogP contribution in [0.15, 0.2) is 65.5 Å². The number of hydrogen-bond acceptors (Lipinski definition) is 6. The summed E-state index contributed by atoms with van der Waals surface area (Å²) >= 11 is 1.10. The van der Waals surface area contributed by atoms with Crippen LogP contribution in [0.3, 0.4) is 0 Å². The molecule has 1 atom stereocenters. The van der Waals surface area contributed by atoms with Gasteiger partial charge in [-0.3, -0.25) is 9.59 Å². The van der Waals surface area contributed by atoms with Gasteiger partial charge >= 0.3 is 5.97 Å². The Morgan fingerprint density at radius 3 is 2.12 bits per heavy atom. The number of carbonyl (C=O) groups is 2. The van der Waals surface area contributed by atoms with Gasteiger partial charge in [-0.25, -0.2) is 9.78 Å². The first-order valence-corrected chi connectivity index (χ1v) is 11.7. The highest BCUT2D eigenvalue weighted by Gasteiger charge is 2.27. The lowest BCUT2D eigenvalue weighted by Gasteiger charge is -2.26. The topological polar surface area (TPSA) is 92.4 Å². The van der Waals surface area contributed by atoms with Crippen LogP contribution in [0.25, 0.3) is 10.2 Å². The van der Waals surface area contributed by atoms with Gasteiger partial charge in [-0.15, -0.1) is 11.3 Å². The zero-order valence-electron chi connectivity index (χ0n) is 19.2. The standard InChI is InChI=1S/C26H25N3O4S/c1-16-21-23(30)27-18(3)28-24(21)34-22(16)26(32)33-17(2)25(31)29(14-19-10-6-4-7-11-19)15-20-12-8-5-9-13-20/h4-13,17H,14-15H2,1-3H3,(H,27,28,30). The van der Waals surface area contributed by atoms with Gasteiger partial charge < -0.3 is 14.6 Å². The molecular weight excluding hydrogens is 450 g/mol. The van der Waals surface area contributed by atoms with E-state index in [1.165, 1.54) is 0 Å². The van der Waals surface area contributed by atoms with E-state index in [2.05, 4.69) is 9.97 Å². The van der Waals surface area contributed by atoms with Crippen LogP contribution in [0.1, 0.15) is 39.1 Å². The summed E-state index contributed by atoms with van der Waals surface area (Å²) in [5.74, 6) is -0.468. The van der Waals surface area contributed by atoms with Crippen LogP contribution >= 0.6 is 11.3 Å². The zero-order chi connectivity index (χ0) is 24.2. The van der Waals surface area contributed by atoms with Gasteiger partial charge in [-0.2, -0.15) is 0 Å². The largest absolute Gasteiger partial charge is 0.448 e. The lowest BCUT2D eigenvalue weighted by molar-refractivity contribution is -0.141. The van der Waals surface area contributed by atoms with E-state index in [4.69, 9.17) is 4.74 Å². The number of fused-ring (bicyclic) bond motifs is 1. The Kier molecular flexibility index (Phi) is 6.88. The van der Waals surface area contributed by atoms with Crippen molar-refractivity contribution in [3.05, 3.63) is 98.4 Å². The molecule has 34 heavy (non-hydrogen) atoms. The molecule has 8 heteroatoms. The molecule has 0 spiro atoms. The summed E-state index contributed by atoms with van der Waals surface area (Å²) in [6.45, 7) is 5.71. The predicted octanol–water partition coefficient (Wildman–Crippen LogP) is 4.38. The Morgan fingerprint density at radius 1 is 1.00 bits per heavy atom. The van der Waals surface area contributed by atoms with Gasteiger partial charge in [0.25, 0.3) is 11.5 Å². The molecule has 0 fully saturated rings. The van der Waals surface area contributed by atoms with Crippen LogP contribution in [-0.4, -0.2) is 32.8 Å². The van der Waals surface area contributed by atoms with Gasteiger partial charge in [0.15, 0.2) is 6.10 Å². The van der Waals surface area contributed by atoms with Crippen molar-refractivity contribution in [1.82, 2.24) is 14.9 Å². The smallest absolute Gasteiger partial charge is 0.349 e. The lowest BCUT2D eigenvalue weighted by Crippen LogP contribution is -2.39. The molecule has 0 saturated carbocycles. The van der Waals surface area contributed by atoms with Crippen molar-refractivity contribution >= 4 is 33.4 Å². The molecule has 0 aliphatic heterocycles. The van der Waals surface area contributed by atoms with Gasteiger partial charge in [-0.1, -0.05) is 60.7 Å². The molecule has 0 radical (unpaired) electrons. The number of benzene rings is 2. The first kappa shape index (κ1) is 23.4. The summed E-state index contributed by atoms with van der Waals surface area (Å²) < 4.78 is 5.58. The summed E-state index contributed by atoms with van der Waals surface area (Å²) in [4.78, 5) is 48.0. The second-order valence-electron chi connectivity index (χ2n) is 8.10. The number of H-pyrrole nitrogens is 1. The number of amides is 1. The van der Waals surface area contributed by atoms with Crippen LogP contribution in [-0.2, 0) is 22.6 Å². The molecule has 1 N–H and O–H groups in total. The van der Waals surface area contributed by atoms with Gasteiger partial charge in [0.2, 0.25) is 0 Å². The number of nitrogens with one attached hydrogen (secondary N) is 1. The van der Waals surface area contributed by atoms with Crippen LogP contribution in [0.4, 0.5) is 0 Å². The summed E-state index contributed by atoms with van der Waals surface area (Å²) in [7, 11) is 0. The quantitative estimate of drug-likeness (QED) is 0.401. The number of nitrogens with zero attached hydrogens (tertiary/aromatic N) is 2. The molecule has 2 heterocycles. The van der Waals surface area contributed by atoms with E-state index in [0.29, 0.717) is 34.7 Å². The van der Waals surface area contributed by atoms with E-state index < -0.39 is 12.1 Å². The van der Waals surface area contributed by atoms with Crippen molar-refractivity contribution in [1.29, 1.82) is 0 Å². The minimum atomic E-state index is -1.00. The maximum absolute atomic E-state index is 13.4. The van der Waals surface area contributed by atoms with Crippen LogP contribution in [0.5, 0.6) is 0 Å². The summed E-state index contributed by atoms with van der Waals surface area (Å²) in [5, 5.41) is 0.372. The Bertz CT molecular complexity index is 1340. The number of rotatable bonds is 7. The number of aromatic nitrogens is 2. The number of esters is 1. The fourth-order valence-corrected chi connectivity index (χ4v) is 4.90. The SMILES string of the molecule is Cc1nc2sc(C(=O)OC(C)C(=O)N(Cc3ccccc3)Cc3ccccc3)c(C)c2c(=O)[nH]1. The number of ether oxygens (including phenoxy) is 1. The van der Waals surface area contributed by atoms with Crippen molar-refractivity contribution in [2.24, 2.45) is 0 Å². The van der Waals surface area contributed by atoms with E-state index in [1.54, 1.807) is 25.7 Å². The monoisotopic (exact) mass is 475 g/mol. The van der Waals surface area contributed by atoms with Crippen molar-refractivity contribution < 1.29 is 14.3 Å². The number of carbonyl (C=O) groups excluding carboxylic acids is 2. The van der Waals surface area contributed by atoms with Crippen molar-refractivity contribution in [3.63, 3.8) is 0 Å². The van der Waals surface area contributed by atoms with Crippen molar-refractivity contribution in [2.45, 2.75) is 40.0 Å². The molecule has 0 bridgehead atoms. The molecule has 2 aromatic heterocycles. The van der Waals surface area contributed by atoms with E-state index in [0.717, 1.165) is 22.5 Å². The van der Waals surface area contributed by atoms with Crippen LogP contribution in [0, 0.1) is 13.8 Å². The average Bonchev–Trinajstić information content (AvgIpc) is 3.15. The lowest BCUT2D eigenvalue weighted by atomic mass is 10.1. The van der Waals surface area contributed by atoms with Crippen molar-refractivity contribution in [3.8, 4) is 0 Å². The van der Waals surface area contributed by atoms with E-state index in [9.17, 15) is 14.4 Å². The first-order valence-electron chi connectivity index (χ1n) is 10.9. The third-order valence-corrected chi connectivity index (χ3v) is 6.65. The Morgan fingerprint density at radius 2 is 1.56 bits per heavy atom. The average molecular weight is 476 g/mol. The highest BCUT2D eigenvalue weighted by atomic mass is 32.1. The third-order valence-electron chi connectivity index (χ3n) is 5.48. The molecule has 1 unspecified atom stereocenters. The normalized spacial score (nSPS) is 11.9. The van der Waals surface area contributed by atoms with E-state index in [1.807, 2.05) is 60.7 Å². The molecule has 174 valence electrons. The summed E-state index contributed by atoms with van der Waals surface area (Å²) in [6, 6.07) is 19.3. The highest BCUT2D eigenvalue weighted by molar-refractivity contribution is 7.20. The predicted molar refractivity (Wildman–Crippen MR) is 132 cm³/mol. The Hall–Kier alpha value is -3.78. The van der Waals surface area contributed by atoms with E-state index >= 15 is 0 Å². The maximum Gasteiger partial charge on any atom is 0.349 e. The van der Waals surface area contributed by atoms with Crippen LogP contribution in [0.2, 0.25) is 0 Å².